The van der Waals surface area contributed by atoms with E-state index in [0.29, 0.717) is 12.5 Å². The molecule has 0 bridgehead atoms. The average Bonchev–Trinajstić information content (AvgIpc) is 2.87. The van der Waals surface area contributed by atoms with Gasteiger partial charge in [-0.2, -0.15) is 5.10 Å². The number of carbonyl (C=O) groups is 1. The van der Waals surface area contributed by atoms with Gasteiger partial charge in [-0.25, -0.2) is 4.68 Å². The van der Waals surface area contributed by atoms with Gasteiger partial charge in [0.05, 0.1) is 12.7 Å². The van der Waals surface area contributed by atoms with Crippen molar-refractivity contribution in [1.82, 2.24) is 14.7 Å². The Morgan fingerprint density at radius 2 is 2.40 bits per heavy atom. The highest BCUT2D eigenvalue weighted by atomic mass is 16.3. The van der Waals surface area contributed by atoms with Gasteiger partial charge in [0.2, 0.25) is 5.91 Å². The van der Waals surface area contributed by atoms with Gasteiger partial charge in [-0.3, -0.25) is 9.69 Å². The molecule has 0 spiro atoms. The quantitative estimate of drug-likeness (QED) is 0.847. The first-order valence-corrected chi connectivity index (χ1v) is 7.26. The van der Waals surface area contributed by atoms with Crippen LogP contribution in [0.4, 0.5) is 5.82 Å². The Morgan fingerprint density at radius 3 is 3.10 bits per heavy atom. The topological polar surface area (TPSA) is 70.4 Å². The maximum Gasteiger partial charge on any atom is 0.239 e. The minimum absolute atomic E-state index is 0.0222. The van der Waals surface area contributed by atoms with Gasteiger partial charge in [0.1, 0.15) is 5.82 Å². The number of piperidine rings is 1. The highest BCUT2D eigenvalue weighted by molar-refractivity contribution is 5.91. The van der Waals surface area contributed by atoms with Gasteiger partial charge in [-0.05, 0) is 39.2 Å². The number of nitrogens with zero attached hydrogens (tertiary/aromatic N) is 3. The van der Waals surface area contributed by atoms with E-state index in [1.165, 1.54) is 0 Å². The van der Waals surface area contributed by atoms with Gasteiger partial charge in [-0.1, -0.05) is 0 Å². The lowest BCUT2D eigenvalue weighted by Crippen LogP contribution is -2.41. The molecule has 112 valence electrons. The summed E-state index contributed by atoms with van der Waals surface area (Å²) in [5, 5.41) is 16.3. The third-order valence-electron chi connectivity index (χ3n) is 3.66. The zero-order chi connectivity index (χ0) is 14.5. The zero-order valence-corrected chi connectivity index (χ0v) is 12.2. The van der Waals surface area contributed by atoms with E-state index in [-0.39, 0.29) is 18.6 Å². The van der Waals surface area contributed by atoms with Crippen molar-refractivity contribution in [2.24, 2.45) is 5.92 Å². The predicted molar refractivity (Wildman–Crippen MR) is 77.5 cm³/mol. The molecule has 0 aliphatic carbocycles. The molecule has 0 saturated carbocycles. The van der Waals surface area contributed by atoms with Gasteiger partial charge < -0.3 is 10.4 Å². The van der Waals surface area contributed by atoms with Crippen LogP contribution in [-0.4, -0.2) is 51.9 Å². The standard InChI is InChI=1S/C14H24N4O2/c1-11(2)18-13(5-6-15-18)16-14(20)9-17-7-3-4-12(8-17)10-19/h5-6,11-12,19H,3-4,7-10H2,1-2H3,(H,16,20). The lowest BCUT2D eigenvalue weighted by atomic mass is 9.99. The molecule has 6 nitrogen and oxygen atoms in total. The van der Waals surface area contributed by atoms with Gasteiger partial charge in [0, 0.05) is 25.3 Å². The molecule has 6 heteroatoms. The van der Waals surface area contributed by atoms with E-state index < -0.39 is 0 Å². The summed E-state index contributed by atoms with van der Waals surface area (Å²) >= 11 is 0. The smallest absolute Gasteiger partial charge is 0.239 e. The van der Waals surface area contributed by atoms with Crippen LogP contribution in [-0.2, 0) is 4.79 Å². The summed E-state index contributed by atoms with van der Waals surface area (Å²) < 4.78 is 1.80. The summed E-state index contributed by atoms with van der Waals surface area (Å²) in [6, 6.07) is 2.03. The normalized spacial score (nSPS) is 20.3. The van der Waals surface area contributed by atoms with Crippen molar-refractivity contribution in [3.8, 4) is 0 Å². The molecule has 1 aliphatic heterocycles. The van der Waals surface area contributed by atoms with Crippen LogP contribution in [0.1, 0.15) is 32.7 Å². The number of anilines is 1. The van der Waals surface area contributed by atoms with E-state index in [0.717, 1.165) is 31.7 Å². The number of amides is 1. The fourth-order valence-corrected chi connectivity index (χ4v) is 2.65. The first-order valence-electron chi connectivity index (χ1n) is 7.26. The van der Waals surface area contributed by atoms with Gasteiger partial charge in [-0.15, -0.1) is 0 Å². The molecule has 1 unspecified atom stereocenters. The van der Waals surface area contributed by atoms with E-state index in [2.05, 4.69) is 15.3 Å². The molecule has 1 aromatic rings. The summed E-state index contributed by atoms with van der Waals surface area (Å²) in [4.78, 5) is 14.2. The number of aromatic nitrogens is 2. The van der Waals surface area contributed by atoms with Crippen molar-refractivity contribution < 1.29 is 9.90 Å². The van der Waals surface area contributed by atoms with E-state index in [1.54, 1.807) is 10.9 Å². The Bertz CT molecular complexity index is 444. The number of nitrogens with one attached hydrogen (secondary N) is 1. The molecule has 2 N–H and O–H groups in total. The van der Waals surface area contributed by atoms with Crippen LogP contribution in [0.5, 0.6) is 0 Å². The van der Waals surface area contributed by atoms with Crippen LogP contribution in [0.25, 0.3) is 0 Å². The molecule has 0 radical (unpaired) electrons. The predicted octanol–water partition coefficient (Wildman–Crippen LogP) is 1.11. The summed E-state index contributed by atoms with van der Waals surface area (Å²) in [5.41, 5.74) is 0. The van der Waals surface area contributed by atoms with Crippen LogP contribution in [0.15, 0.2) is 12.3 Å². The van der Waals surface area contributed by atoms with Crippen molar-refractivity contribution in [1.29, 1.82) is 0 Å². The van der Waals surface area contributed by atoms with Gasteiger partial charge in [0.15, 0.2) is 0 Å². The van der Waals surface area contributed by atoms with Crippen LogP contribution in [0.2, 0.25) is 0 Å². The van der Waals surface area contributed by atoms with Crippen LogP contribution >= 0.6 is 0 Å². The third kappa shape index (κ3) is 3.80. The van der Waals surface area contributed by atoms with Gasteiger partial charge in [0.25, 0.3) is 0 Å². The first-order chi connectivity index (χ1) is 9.60. The molecule has 1 saturated heterocycles. The van der Waals surface area contributed by atoms with Crippen LogP contribution in [0.3, 0.4) is 0 Å². The number of hydrogen-bond donors (Lipinski definition) is 2. The van der Waals surface area contributed by atoms with E-state index in [1.807, 2.05) is 19.9 Å². The van der Waals surface area contributed by atoms with Crippen molar-refractivity contribution >= 4 is 11.7 Å². The number of aliphatic hydroxyl groups is 1. The Labute approximate surface area is 119 Å². The minimum Gasteiger partial charge on any atom is -0.396 e. The summed E-state index contributed by atoms with van der Waals surface area (Å²) in [7, 11) is 0. The molecule has 2 heterocycles. The summed E-state index contributed by atoms with van der Waals surface area (Å²) in [5.74, 6) is 1.02. The molecule has 0 aromatic carbocycles. The number of carbonyl (C=O) groups excluding carboxylic acids is 1. The van der Waals surface area contributed by atoms with Crippen molar-refractivity contribution in [2.75, 3.05) is 31.6 Å². The molecule has 20 heavy (non-hydrogen) atoms. The Morgan fingerprint density at radius 1 is 1.60 bits per heavy atom. The monoisotopic (exact) mass is 280 g/mol. The molecular formula is C14H24N4O2. The maximum atomic E-state index is 12.1. The number of rotatable bonds is 5. The molecule has 1 atom stereocenters. The Kier molecular flexibility index (Phi) is 5.14. The Hall–Kier alpha value is -1.40. The first kappa shape index (κ1) is 15.0. The van der Waals surface area contributed by atoms with Crippen LogP contribution < -0.4 is 5.32 Å². The fraction of sp³-hybridized carbons (Fsp3) is 0.714. The second-order valence-corrected chi connectivity index (χ2v) is 5.73. The summed E-state index contributed by atoms with van der Waals surface area (Å²) in [6.45, 7) is 6.36. The zero-order valence-electron chi connectivity index (χ0n) is 12.2. The summed E-state index contributed by atoms with van der Waals surface area (Å²) in [6.07, 6.45) is 3.79. The van der Waals surface area contributed by atoms with E-state index in [4.69, 9.17) is 0 Å². The lowest BCUT2D eigenvalue weighted by Gasteiger charge is -2.31. The number of likely N-dealkylation sites (tertiary alicyclic amines) is 1. The number of hydrogen-bond acceptors (Lipinski definition) is 4. The Balaban J connectivity index is 1.87. The molecule has 1 amide bonds. The van der Waals surface area contributed by atoms with E-state index >= 15 is 0 Å². The van der Waals surface area contributed by atoms with Crippen molar-refractivity contribution in [3.63, 3.8) is 0 Å². The minimum atomic E-state index is -0.0222. The SMILES string of the molecule is CC(C)n1nccc1NC(=O)CN1CCCC(CO)C1. The van der Waals surface area contributed by atoms with Crippen molar-refractivity contribution in [3.05, 3.63) is 12.3 Å². The van der Waals surface area contributed by atoms with E-state index in [9.17, 15) is 9.90 Å². The maximum absolute atomic E-state index is 12.1. The molecular weight excluding hydrogens is 256 g/mol. The molecule has 1 aliphatic rings. The highest BCUT2D eigenvalue weighted by Gasteiger charge is 2.21. The third-order valence-corrected chi connectivity index (χ3v) is 3.66. The lowest BCUT2D eigenvalue weighted by molar-refractivity contribution is -0.117. The molecule has 1 aromatic heterocycles. The van der Waals surface area contributed by atoms with Gasteiger partial charge >= 0.3 is 0 Å². The van der Waals surface area contributed by atoms with Crippen LogP contribution in [0, 0.1) is 5.92 Å². The fourth-order valence-electron chi connectivity index (χ4n) is 2.65. The average molecular weight is 280 g/mol. The molecule has 1 fully saturated rings. The number of aliphatic hydroxyl groups excluding tert-OH is 1. The highest BCUT2D eigenvalue weighted by Crippen LogP contribution is 2.16. The second-order valence-electron chi connectivity index (χ2n) is 5.73. The van der Waals surface area contributed by atoms with Crippen molar-refractivity contribution in [2.45, 2.75) is 32.7 Å². The molecule has 2 rings (SSSR count). The largest absolute Gasteiger partial charge is 0.396 e. The second kappa shape index (κ2) is 6.85.